The molecule has 0 aliphatic carbocycles. The molecule has 0 saturated heterocycles. The van der Waals surface area contributed by atoms with E-state index in [9.17, 15) is 5.11 Å². The Balaban J connectivity index is 1.95. The van der Waals surface area contributed by atoms with Crippen LogP contribution in [0.5, 0.6) is 11.5 Å². The number of fused-ring (bicyclic) bond motifs is 1. The molecular weight excluding hydrogens is 276 g/mol. The Labute approximate surface area is 129 Å². The molecule has 0 aliphatic heterocycles. The standard InChI is InChI=1S/C18H20N2O2/c1-2-20-14(12-22-18-9-4-3-8-17(18)21)10-15-13(11-19)6-5-7-16(15)20/h3-10,21H,2,11-12,19H2,1H3. The van der Waals surface area contributed by atoms with Gasteiger partial charge in [0.25, 0.3) is 0 Å². The summed E-state index contributed by atoms with van der Waals surface area (Å²) in [4.78, 5) is 0. The van der Waals surface area contributed by atoms with Crippen LogP contribution in [0.25, 0.3) is 10.9 Å². The van der Waals surface area contributed by atoms with Crippen LogP contribution in [-0.2, 0) is 19.7 Å². The molecule has 4 heteroatoms. The van der Waals surface area contributed by atoms with Crippen molar-refractivity contribution in [2.75, 3.05) is 0 Å². The monoisotopic (exact) mass is 296 g/mol. The number of nitrogens with two attached hydrogens (primary N) is 1. The summed E-state index contributed by atoms with van der Waals surface area (Å²) in [7, 11) is 0. The Bertz CT molecular complexity index is 793. The molecule has 1 heterocycles. The zero-order valence-corrected chi connectivity index (χ0v) is 12.6. The van der Waals surface area contributed by atoms with E-state index >= 15 is 0 Å². The summed E-state index contributed by atoms with van der Waals surface area (Å²) in [5.74, 6) is 0.652. The molecule has 0 fully saturated rings. The van der Waals surface area contributed by atoms with Crippen molar-refractivity contribution >= 4 is 10.9 Å². The van der Waals surface area contributed by atoms with Gasteiger partial charge in [0.15, 0.2) is 11.5 Å². The van der Waals surface area contributed by atoms with Crippen LogP contribution in [0, 0.1) is 0 Å². The smallest absolute Gasteiger partial charge is 0.161 e. The zero-order chi connectivity index (χ0) is 15.5. The van der Waals surface area contributed by atoms with Gasteiger partial charge in [-0.25, -0.2) is 0 Å². The van der Waals surface area contributed by atoms with Crippen LogP contribution >= 0.6 is 0 Å². The normalized spacial score (nSPS) is 11.0. The number of benzene rings is 2. The fourth-order valence-corrected chi connectivity index (χ4v) is 2.80. The third-order valence-corrected chi connectivity index (χ3v) is 3.90. The number of phenols is 1. The molecule has 3 N–H and O–H groups in total. The van der Waals surface area contributed by atoms with E-state index in [1.165, 1.54) is 10.9 Å². The van der Waals surface area contributed by atoms with E-state index in [1.54, 1.807) is 18.2 Å². The maximum atomic E-state index is 9.79. The predicted octanol–water partition coefficient (Wildman–Crippen LogP) is 3.40. The molecule has 0 bridgehead atoms. The van der Waals surface area contributed by atoms with Crippen LogP contribution in [0.1, 0.15) is 18.2 Å². The Morgan fingerprint density at radius 3 is 2.68 bits per heavy atom. The number of hydrogen-bond donors (Lipinski definition) is 2. The molecule has 22 heavy (non-hydrogen) atoms. The van der Waals surface area contributed by atoms with E-state index in [0.29, 0.717) is 18.9 Å². The third kappa shape index (κ3) is 2.53. The highest BCUT2D eigenvalue weighted by Gasteiger charge is 2.11. The van der Waals surface area contributed by atoms with E-state index in [0.717, 1.165) is 17.8 Å². The van der Waals surface area contributed by atoms with Gasteiger partial charge in [0.1, 0.15) is 6.61 Å². The van der Waals surface area contributed by atoms with Gasteiger partial charge in [-0.05, 0) is 36.8 Å². The van der Waals surface area contributed by atoms with E-state index in [-0.39, 0.29) is 5.75 Å². The van der Waals surface area contributed by atoms with Crippen molar-refractivity contribution in [2.24, 2.45) is 5.73 Å². The molecule has 0 atom stereocenters. The number of rotatable bonds is 5. The molecular formula is C18H20N2O2. The highest BCUT2D eigenvalue weighted by Crippen LogP contribution is 2.28. The summed E-state index contributed by atoms with van der Waals surface area (Å²) in [6.45, 7) is 3.89. The second-order valence-corrected chi connectivity index (χ2v) is 5.19. The molecule has 3 aromatic rings. The first-order valence-corrected chi connectivity index (χ1v) is 7.45. The molecule has 3 rings (SSSR count). The van der Waals surface area contributed by atoms with Crippen molar-refractivity contribution in [3.05, 3.63) is 59.8 Å². The van der Waals surface area contributed by atoms with Crippen molar-refractivity contribution in [3.8, 4) is 11.5 Å². The lowest BCUT2D eigenvalue weighted by molar-refractivity contribution is 0.280. The molecule has 1 aromatic heterocycles. The topological polar surface area (TPSA) is 60.4 Å². The quantitative estimate of drug-likeness (QED) is 0.758. The van der Waals surface area contributed by atoms with Gasteiger partial charge in [-0.2, -0.15) is 0 Å². The predicted molar refractivity (Wildman–Crippen MR) is 87.9 cm³/mol. The Hall–Kier alpha value is -2.46. The number of aromatic hydroxyl groups is 1. The number of para-hydroxylation sites is 2. The van der Waals surface area contributed by atoms with Gasteiger partial charge >= 0.3 is 0 Å². The second kappa shape index (κ2) is 6.12. The van der Waals surface area contributed by atoms with Crippen LogP contribution in [0.15, 0.2) is 48.5 Å². The lowest BCUT2D eigenvalue weighted by atomic mass is 10.1. The number of phenolic OH excluding ortho intramolecular Hbond substituents is 1. The summed E-state index contributed by atoms with van der Waals surface area (Å²) in [5.41, 5.74) is 9.20. The lowest BCUT2D eigenvalue weighted by Gasteiger charge is -2.10. The molecule has 0 spiro atoms. The van der Waals surface area contributed by atoms with E-state index in [4.69, 9.17) is 10.5 Å². The van der Waals surface area contributed by atoms with Crippen LogP contribution in [0.3, 0.4) is 0 Å². The SMILES string of the molecule is CCn1c(COc2ccccc2O)cc2c(CN)cccc21. The molecule has 4 nitrogen and oxygen atoms in total. The minimum absolute atomic E-state index is 0.157. The summed E-state index contributed by atoms with van der Waals surface area (Å²) in [5, 5.41) is 11.0. The molecule has 0 unspecified atom stereocenters. The molecule has 0 aliphatic rings. The van der Waals surface area contributed by atoms with Gasteiger partial charge in [0.05, 0.1) is 5.69 Å². The number of aryl methyl sites for hydroxylation is 1. The van der Waals surface area contributed by atoms with Crippen LogP contribution in [0.4, 0.5) is 0 Å². The van der Waals surface area contributed by atoms with Gasteiger partial charge in [0, 0.05) is 24.0 Å². The van der Waals surface area contributed by atoms with Crippen LogP contribution in [-0.4, -0.2) is 9.67 Å². The first-order chi connectivity index (χ1) is 10.7. The van der Waals surface area contributed by atoms with Crippen molar-refractivity contribution in [1.29, 1.82) is 0 Å². The van der Waals surface area contributed by atoms with E-state index < -0.39 is 0 Å². The molecule has 0 saturated carbocycles. The van der Waals surface area contributed by atoms with Crippen molar-refractivity contribution in [3.63, 3.8) is 0 Å². The number of nitrogens with zero attached hydrogens (tertiary/aromatic N) is 1. The maximum absolute atomic E-state index is 9.79. The lowest BCUT2D eigenvalue weighted by Crippen LogP contribution is -2.04. The van der Waals surface area contributed by atoms with Crippen LogP contribution < -0.4 is 10.5 Å². The number of hydrogen-bond acceptors (Lipinski definition) is 3. The Kier molecular flexibility index (Phi) is 4.02. The largest absolute Gasteiger partial charge is 0.504 e. The van der Waals surface area contributed by atoms with E-state index in [2.05, 4.69) is 29.7 Å². The van der Waals surface area contributed by atoms with Gasteiger partial charge < -0.3 is 20.1 Å². The minimum atomic E-state index is 0.157. The highest BCUT2D eigenvalue weighted by atomic mass is 16.5. The maximum Gasteiger partial charge on any atom is 0.161 e. The molecule has 0 radical (unpaired) electrons. The fourth-order valence-electron chi connectivity index (χ4n) is 2.80. The highest BCUT2D eigenvalue weighted by molar-refractivity contribution is 5.84. The zero-order valence-electron chi connectivity index (χ0n) is 12.6. The molecule has 114 valence electrons. The summed E-state index contributed by atoms with van der Waals surface area (Å²) < 4.78 is 7.98. The minimum Gasteiger partial charge on any atom is -0.504 e. The Morgan fingerprint density at radius 1 is 1.14 bits per heavy atom. The average Bonchev–Trinajstić information content (AvgIpc) is 2.91. The van der Waals surface area contributed by atoms with Gasteiger partial charge in [0.2, 0.25) is 0 Å². The summed E-state index contributed by atoms with van der Waals surface area (Å²) in [6, 6.07) is 15.3. The van der Waals surface area contributed by atoms with Crippen molar-refractivity contribution in [2.45, 2.75) is 26.6 Å². The summed E-state index contributed by atoms with van der Waals surface area (Å²) >= 11 is 0. The van der Waals surface area contributed by atoms with Gasteiger partial charge in [-0.1, -0.05) is 24.3 Å². The fraction of sp³-hybridized carbons (Fsp3) is 0.222. The van der Waals surface area contributed by atoms with Crippen molar-refractivity contribution in [1.82, 2.24) is 4.57 Å². The first kappa shape index (κ1) is 14.5. The van der Waals surface area contributed by atoms with Gasteiger partial charge in [-0.15, -0.1) is 0 Å². The Morgan fingerprint density at radius 2 is 1.95 bits per heavy atom. The van der Waals surface area contributed by atoms with Gasteiger partial charge in [-0.3, -0.25) is 0 Å². The third-order valence-electron chi connectivity index (χ3n) is 3.90. The number of aromatic nitrogens is 1. The van der Waals surface area contributed by atoms with Crippen molar-refractivity contribution < 1.29 is 9.84 Å². The van der Waals surface area contributed by atoms with E-state index in [1.807, 2.05) is 12.1 Å². The second-order valence-electron chi connectivity index (χ2n) is 5.19. The molecule has 2 aromatic carbocycles. The first-order valence-electron chi connectivity index (χ1n) is 7.45. The number of ether oxygens (including phenoxy) is 1. The average molecular weight is 296 g/mol. The molecule has 0 amide bonds. The summed E-state index contributed by atoms with van der Waals surface area (Å²) in [6.07, 6.45) is 0. The van der Waals surface area contributed by atoms with Crippen LogP contribution in [0.2, 0.25) is 0 Å².